The lowest BCUT2D eigenvalue weighted by molar-refractivity contribution is -0.303. The van der Waals surface area contributed by atoms with Crippen molar-refractivity contribution < 1.29 is 50.0 Å². The minimum atomic E-state index is -1.67. The van der Waals surface area contributed by atoms with Crippen molar-refractivity contribution in [2.75, 3.05) is 13.2 Å². The molecule has 0 aromatic heterocycles. The first-order valence-corrected chi connectivity index (χ1v) is 34.5. The molecule has 1 saturated heterocycles. The molecule has 1 fully saturated rings. The number of allylic oxidation sites excluding steroid dienone is 8. The molecule has 0 spiro atoms. The van der Waals surface area contributed by atoms with Gasteiger partial charge in [0.2, 0.25) is 5.91 Å². The van der Waals surface area contributed by atoms with E-state index in [1.165, 1.54) is 231 Å². The molecule has 1 aliphatic heterocycles. The van der Waals surface area contributed by atoms with Crippen LogP contribution in [0.25, 0.3) is 0 Å². The quantitative estimate of drug-likeness (QED) is 0.0215. The first-order chi connectivity index (χ1) is 39.7. The molecule has 0 aromatic carbocycles. The number of hydrogen-bond donors (Lipinski definition) is 8. The van der Waals surface area contributed by atoms with Crippen LogP contribution in [0, 0.1) is 0 Å². The third-order valence-electron chi connectivity index (χ3n) is 16.6. The SMILES string of the molecule is CCCCCCCCCCCC/C=C/CC/C=C/CC/C=C/CCCC(O)C(O)C(COC1OC(CO)C(O)C(O)C1O)NC(=O)C(O)CCCCCCCCCCCCCCCCC/C=C\CCCCCCCCCCCCCC. The van der Waals surface area contributed by atoms with Gasteiger partial charge in [0.1, 0.15) is 36.6 Å². The Balaban J connectivity index is 2.23. The highest BCUT2D eigenvalue weighted by Crippen LogP contribution is 2.24. The van der Waals surface area contributed by atoms with Crippen molar-refractivity contribution in [2.45, 2.75) is 377 Å². The predicted octanol–water partition coefficient (Wildman–Crippen LogP) is 16.4. The van der Waals surface area contributed by atoms with Gasteiger partial charge in [-0.25, -0.2) is 0 Å². The fourth-order valence-electron chi connectivity index (χ4n) is 11.0. The van der Waals surface area contributed by atoms with E-state index >= 15 is 0 Å². The van der Waals surface area contributed by atoms with Crippen molar-refractivity contribution in [3.8, 4) is 0 Å². The molecule has 1 amide bonds. The van der Waals surface area contributed by atoms with Gasteiger partial charge in [0, 0.05) is 0 Å². The number of aliphatic hydroxyl groups is 7. The first kappa shape index (κ1) is 77.1. The van der Waals surface area contributed by atoms with Gasteiger partial charge in [-0.1, -0.05) is 281 Å². The van der Waals surface area contributed by atoms with Crippen LogP contribution in [0.15, 0.2) is 48.6 Å². The van der Waals surface area contributed by atoms with Gasteiger partial charge in [-0.15, -0.1) is 0 Å². The van der Waals surface area contributed by atoms with E-state index in [2.05, 4.69) is 67.8 Å². The summed E-state index contributed by atoms with van der Waals surface area (Å²) in [5.41, 5.74) is 0. The van der Waals surface area contributed by atoms with E-state index < -0.39 is 74.2 Å². The lowest BCUT2D eigenvalue weighted by atomic mass is 9.98. The van der Waals surface area contributed by atoms with Crippen LogP contribution in [0.4, 0.5) is 0 Å². The fourth-order valence-corrected chi connectivity index (χ4v) is 11.0. The van der Waals surface area contributed by atoms with Crippen molar-refractivity contribution in [1.29, 1.82) is 0 Å². The number of rotatable bonds is 60. The van der Waals surface area contributed by atoms with Gasteiger partial charge in [-0.3, -0.25) is 4.79 Å². The van der Waals surface area contributed by atoms with Crippen LogP contribution in [0.5, 0.6) is 0 Å². The summed E-state index contributed by atoms with van der Waals surface area (Å²) in [4.78, 5) is 13.2. The normalized spacial score (nSPS) is 19.4. The van der Waals surface area contributed by atoms with Crippen molar-refractivity contribution >= 4 is 5.91 Å². The molecule has 11 nitrogen and oxygen atoms in total. The molecule has 1 rings (SSSR count). The summed E-state index contributed by atoms with van der Waals surface area (Å²) in [6.45, 7) is 3.48. The molecular weight excluding hydrogens is 1010 g/mol. The molecule has 0 radical (unpaired) electrons. The number of aliphatic hydroxyl groups excluding tert-OH is 7. The molecule has 9 unspecified atom stereocenters. The minimum absolute atomic E-state index is 0.241. The predicted molar refractivity (Wildman–Crippen MR) is 339 cm³/mol. The number of amides is 1. The Hall–Kier alpha value is -1.93. The molecule has 1 aliphatic rings. The van der Waals surface area contributed by atoms with Crippen molar-refractivity contribution in [3.63, 3.8) is 0 Å². The third kappa shape index (κ3) is 46.0. The first-order valence-electron chi connectivity index (χ1n) is 34.5. The number of nitrogens with one attached hydrogen (secondary N) is 1. The molecule has 0 aromatic rings. The molecular formula is C70H131NO10. The topological polar surface area (TPSA) is 189 Å². The van der Waals surface area contributed by atoms with Crippen LogP contribution in [0.2, 0.25) is 0 Å². The highest BCUT2D eigenvalue weighted by atomic mass is 16.7. The highest BCUT2D eigenvalue weighted by molar-refractivity contribution is 5.80. The summed E-state index contributed by atoms with van der Waals surface area (Å²) >= 11 is 0. The standard InChI is InChI=1S/C70H131NO10/c1-3-5-7-9-11-13-15-17-19-21-23-25-27-28-29-30-31-32-33-34-36-38-40-42-44-46-48-50-52-54-56-58-63(74)69(79)71-61(60-80-70-68(78)67(77)66(76)64(59-72)81-70)65(75)62(73)57-55-53-51-49-47-45-43-41-39-37-35-26-24-22-20-18-16-14-12-10-8-6-4-2/h26,28-29,35,41,43,49,51,61-68,70,72-78H,3-25,27,30-34,36-40,42,44-48,50,52-60H2,1-2H3,(H,71,79)/b29-28-,35-26+,43-41+,51-49+. The van der Waals surface area contributed by atoms with E-state index in [0.29, 0.717) is 19.3 Å². The Labute approximate surface area is 498 Å². The van der Waals surface area contributed by atoms with E-state index in [1.807, 2.05) is 0 Å². The van der Waals surface area contributed by atoms with Gasteiger partial charge < -0.3 is 50.5 Å². The van der Waals surface area contributed by atoms with Crippen LogP contribution in [-0.4, -0.2) is 110 Å². The average Bonchev–Trinajstić information content (AvgIpc) is 3.49. The summed E-state index contributed by atoms with van der Waals surface area (Å²) in [5.74, 6) is -0.709. The summed E-state index contributed by atoms with van der Waals surface area (Å²) in [5, 5.41) is 76.4. The summed E-state index contributed by atoms with van der Waals surface area (Å²) < 4.78 is 11.2. The molecule has 0 saturated carbocycles. The largest absolute Gasteiger partial charge is 0.394 e. The maximum Gasteiger partial charge on any atom is 0.249 e. The average molecular weight is 1150 g/mol. The zero-order valence-corrected chi connectivity index (χ0v) is 52.5. The Morgan fingerprint density at radius 2 is 0.741 bits per heavy atom. The van der Waals surface area contributed by atoms with Crippen LogP contribution in [0.3, 0.4) is 0 Å². The van der Waals surface area contributed by atoms with E-state index in [0.717, 1.165) is 44.9 Å². The van der Waals surface area contributed by atoms with Crippen LogP contribution in [-0.2, 0) is 14.3 Å². The number of carbonyl (C=O) groups excluding carboxylic acids is 1. The Kier molecular flexibility index (Phi) is 55.6. The van der Waals surface area contributed by atoms with Crippen LogP contribution in [0.1, 0.15) is 322 Å². The number of ether oxygens (including phenoxy) is 2. The van der Waals surface area contributed by atoms with E-state index in [-0.39, 0.29) is 12.8 Å². The third-order valence-corrected chi connectivity index (χ3v) is 16.6. The Morgan fingerprint density at radius 1 is 0.420 bits per heavy atom. The molecule has 11 heteroatoms. The zero-order chi connectivity index (χ0) is 58.9. The lowest BCUT2D eigenvalue weighted by Gasteiger charge is -2.40. The zero-order valence-electron chi connectivity index (χ0n) is 52.5. The number of hydrogen-bond acceptors (Lipinski definition) is 10. The number of unbranched alkanes of at least 4 members (excludes halogenated alkanes) is 40. The monoisotopic (exact) mass is 1150 g/mol. The molecule has 9 atom stereocenters. The fraction of sp³-hybridized carbons (Fsp3) is 0.871. The molecule has 8 N–H and O–H groups in total. The van der Waals surface area contributed by atoms with Crippen LogP contribution < -0.4 is 5.32 Å². The maximum atomic E-state index is 13.2. The van der Waals surface area contributed by atoms with Crippen molar-refractivity contribution in [3.05, 3.63) is 48.6 Å². The number of carbonyl (C=O) groups is 1. The van der Waals surface area contributed by atoms with Crippen LogP contribution >= 0.6 is 0 Å². The van der Waals surface area contributed by atoms with Gasteiger partial charge >= 0.3 is 0 Å². The van der Waals surface area contributed by atoms with E-state index in [9.17, 15) is 40.5 Å². The summed E-state index contributed by atoms with van der Waals surface area (Å²) in [6, 6.07) is -1.20. The minimum Gasteiger partial charge on any atom is -0.394 e. The molecule has 0 aliphatic carbocycles. The second-order valence-electron chi connectivity index (χ2n) is 24.2. The Bertz CT molecular complexity index is 1460. The summed E-state index contributed by atoms with van der Waals surface area (Å²) in [7, 11) is 0. The second-order valence-corrected chi connectivity index (χ2v) is 24.2. The Morgan fingerprint density at radius 3 is 1.10 bits per heavy atom. The molecule has 81 heavy (non-hydrogen) atoms. The second kappa shape index (κ2) is 58.5. The van der Waals surface area contributed by atoms with E-state index in [4.69, 9.17) is 9.47 Å². The lowest BCUT2D eigenvalue weighted by Crippen LogP contribution is -2.60. The molecule has 476 valence electrons. The van der Waals surface area contributed by atoms with Gasteiger partial charge in [-0.2, -0.15) is 0 Å². The smallest absolute Gasteiger partial charge is 0.249 e. The van der Waals surface area contributed by atoms with Gasteiger partial charge in [-0.05, 0) is 89.9 Å². The van der Waals surface area contributed by atoms with Crippen molar-refractivity contribution in [2.24, 2.45) is 0 Å². The van der Waals surface area contributed by atoms with Gasteiger partial charge in [0.15, 0.2) is 6.29 Å². The highest BCUT2D eigenvalue weighted by Gasteiger charge is 2.44. The summed E-state index contributed by atoms with van der Waals surface area (Å²) in [6.07, 6.45) is 64.8. The van der Waals surface area contributed by atoms with E-state index in [1.54, 1.807) is 0 Å². The maximum absolute atomic E-state index is 13.2. The van der Waals surface area contributed by atoms with Gasteiger partial charge in [0.25, 0.3) is 0 Å². The molecule has 1 heterocycles. The molecule has 0 bridgehead atoms. The van der Waals surface area contributed by atoms with Crippen molar-refractivity contribution in [1.82, 2.24) is 5.32 Å². The van der Waals surface area contributed by atoms with Gasteiger partial charge in [0.05, 0.1) is 25.4 Å².